The smallest absolute Gasteiger partial charge is 0.266 e. The lowest BCUT2D eigenvalue weighted by atomic mass is 10.3. The van der Waals surface area contributed by atoms with Crippen LogP contribution in [0.4, 0.5) is 0 Å². The van der Waals surface area contributed by atoms with Gasteiger partial charge in [0.15, 0.2) is 0 Å². The molecule has 0 unspecified atom stereocenters. The topological polar surface area (TPSA) is 84.0 Å². The summed E-state index contributed by atoms with van der Waals surface area (Å²) < 4.78 is 1.10. The van der Waals surface area contributed by atoms with E-state index in [1.807, 2.05) is 30.3 Å². The molecule has 8 heteroatoms. The highest BCUT2D eigenvalue weighted by Crippen LogP contribution is 2.34. The molecule has 6 nitrogen and oxygen atoms in total. The predicted octanol–water partition coefficient (Wildman–Crippen LogP) is 3.49. The van der Waals surface area contributed by atoms with Gasteiger partial charge in [-0.05, 0) is 36.4 Å². The first-order valence-corrected chi connectivity index (χ1v) is 9.31. The average Bonchev–Trinajstić information content (AvgIpc) is 3.33. The zero-order chi connectivity index (χ0) is 17.9. The second-order valence-electron chi connectivity index (χ2n) is 5.27. The minimum Gasteiger partial charge on any atom is -0.266 e. The van der Waals surface area contributed by atoms with Gasteiger partial charge in [0.25, 0.3) is 11.8 Å². The van der Waals surface area contributed by atoms with E-state index in [-0.39, 0.29) is 11.6 Å². The van der Waals surface area contributed by atoms with Gasteiger partial charge >= 0.3 is 0 Å². The third kappa shape index (κ3) is 3.32. The van der Waals surface area contributed by atoms with Crippen LogP contribution in [0.15, 0.2) is 60.8 Å². The van der Waals surface area contributed by atoms with Crippen LogP contribution < -0.4 is 10.9 Å². The monoisotopic (exact) mass is 380 g/mol. The summed E-state index contributed by atoms with van der Waals surface area (Å²) in [5.41, 5.74) is 5.93. The number of benzene rings is 1. The molecule has 0 bridgehead atoms. The molecule has 1 aromatic carbocycles. The number of hydrazine groups is 1. The molecule has 3 aromatic heterocycles. The Morgan fingerprint density at radius 3 is 2.46 bits per heavy atom. The second kappa shape index (κ2) is 7.03. The third-order valence-electron chi connectivity index (χ3n) is 3.52. The molecule has 4 rings (SSSR count). The molecule has 0 aliphatic heterocycles. The molecule has 0 aliphatic rings. The lowest BCUT2D eigenvalue weighted by Gasteiger charge is -2.05. The van der Waals surface area contributed by atoms with Crippen LogP contribution in [0.1, 0.15) is 20.2 Å². The molecule has 0 aliphatic carbocycles. The summed E-state index contributed by atoms with van der Waals surface area (Å²) in [7, 11) is 0. The zero-order valence-corrected chi connectivity index (χ0v) is 14.9. The molecular formula is C18H12N4O2S2. The van der Waals surface area contributed by atoms with E-state index in [0.717, 1.165) is 20.1 Å². The molecule has 26 heavy (non-hydrogen) atoms. The average molecular weight is 380 g/mol. The Morgan fingerprint density at radius 2 is 1.65 bits per heavy atom. The number of rotatable bonds is 3. The van der Waals surface area contributed by atoms with Gasteiger partial charge in [0.1, 0.15) is 10.7 Å². The largest absolute Gasteiger partial charge is 0.288 e. The Kier molecular flexibility index (Phi) is 4.42. The molecule has 4 aromatic rings. The van der Waals surface area contributed by atoms with Gasteiger partial charge in [-0.3, -0.25) is 25.4 Å². The number of hydrogen-bond donors (Lipinski definition) is 2. The summed E-state index contributed by atoms with van der Waals surface area (Å²) in [6.45, 7) is 0. The van der Waals surface area contributed by atoms with Gasteiger partial charge in [0.2, 0.25) is 0 Å². The van der Waals surface area contributed by atoms with Crippen molar-refractivity contribution in [1.29, 1.82) is 0 Å². The van der Waals surface area contributed by atoms with Crippen molar-refractivity contribution in [2.75, 3.05) is 0 Å². The van der Waals surface area contributed by atoms with E-state index in [0.29, 0.717) is 4.88 Å². The van der Waals surface area contributed by atoms with E-state index in [1.54, 1.807) is 35.6 Å². The summed E-state index contributed by atoms with van der Waals surface area (Å²) in [6.07, 6.45) is 1.51. The van der Waals surface area contributed by atoms with Gasteiger partial charge < -0.3 is 0 Å². The van der Waals surface area contributed by atoms with Crippen molar-refractivity contribution in [3.63, 3.8) is 0 Å². The molecule has 0 atom stereocenters. The van der Waals surface area contributed by atoms with Crippen molar-refractivity contribution in [2.45, 2.75) is 0 Å². The third-order valence-corrected chi connectivity index (χ3v) is 5.81. The Labute approximate surface area is 156 Å². The number of amides is 2. The molecule has 0 fully saturated rings. The lowest BCUT2D eigenvalue weighted by molar-refractivity contribution is 0.0846. The highest BCUT2D eigenvalue weighted by atomic mass is 32.1. The van der Waals surface area contributed by atoms with E-state index >= 15 is 0 Å². The van der Waals surface area contributed by atoms with Crippen molar-refractivity contribution in [1.82, 2.24) is 20.8 Å². The Hall–Kier alpha value is -3.10. The number of fused-ring (bicyclic) bond motifs is 1. The molecule has 2 N–H and O–H groups in total. The summed E-state index contributed by atoms with van der Waals surface area (Å²) in [6, 6.07) is 16.5. The molecule has 128 valence electrons. The van der Waals surface area contributed by atoms with Crippen molar-refractivity contribution >= 4 is 44.7 Å². The molecule has 0 spiro atoms. The predicted molar refractivity (Wildman–Crippen MR) is 102 cm³/mol. The first-order chi connectivity index (χ1) is 12.7. The van der Waals surface area contributed by atoms with Crippen LogP contribution in [-0.2, 0) is 0 Å². The van der Waals surface area contributed by atoms with Crippen molar-refractivity contribution in [2.24, 2.45) is 0 Å². The molecule has 2 amide bonds. The number of nitrogens with one attached hydrogen (secondary N) is 2. The quantitative estimate of drug-likeness (QED) is 0.533. The van der Waals surface area contributed by atoms with Crippen LogP contribution in [-0.4, -0.2) is 21.8 Å². The normalized spacial score (nSPS) is 10.6. The number of thiazole rings is 1. The second-order valence-corrected chi connectivity index (χ2v) is 7.39. The van der Waals surface area contributed by atoms with Crippen LogP contribution in [0.2, 0.25) is 0 Å². The number of carbonyl (C=O) groups excluding carboxylic acids is 2. The molecule has 3 heterocycles. The standard InChI is InChI=1S/C18H12N4O2S2/c23-16(12-6-3-4-10-19-12)21-22-17(24)14-8-9-15(25-14)18-20-11-5-1-2-7-13(11)26-18/h1-10H,(H,21,23)(H,22,24). The summed E-state index contributed by atoms with van der Waals surface area (Å²) >= 11 is 2.91. The molecule has 0 saturated heterocycles. The number of carbonyl (C=O) groups is 2. The maximum atomic E-state index is 12.2. The molecular weight excluding hydrogens is 368 g/mol. The first kappa shape index (κ1) is 16.4. The Balaban J connectivity index is 1.45. The maximum absolute atomic E-state index is 12.2. The van der Waals surface area contributed by atoms with E-state index in [1.165, 1.54) is 17.5 Å². The van der Waals surface area contributed by atoms with Gasteiger partial charge in [0, 0.05) is 6.20 Å². The summed E-state index contributed by atoms with van der Waals surface area (Å²) in [5, 5.41) is 0.868. The van der Waals surface area contributed by atoms with E-state index in [9.17, 15) is 9.59 Å². The number of thiophene rings is 1. The summed E-state index contributed by atoms with van der Waals surface area (Å²) in [4.78, 5) is 34.1. The van der Waals surface area contributed by atoms with Gasteiger partial charge in [0.05, 0.1) is 20.0 Å². The van der Waals surface area contributed by atoms with E-state index in [2.05, 4.69) is 20.8 Å². The number of pyridine rings is 1. The van der Waals surface area contributed by atoms with Crippen molar-refractivity contribution < 1.29 is 9.59 Å². The highest BCUT2D eigenvalue weighted by Gasteiger charge is 2.14. The van der Waals surface area contributed by atoms with Crippen LogP contribution in [0.3, 0.4) is 0 Å². The van der Waals surface area contributed by atoms with E-state index in [4.69, 9.17) is 0 Å². The fourth-order valence-electron chi connectivity index (χ4n) is 2.29. The minimum atomic E-state index is -0.470. The van der Waals surface area contributed by atoms with Gasteiger partial charge in [-0.25, -0.2) is 4.98 Å². The highest BCUT2D eigenvalue weighted by molar-refractivity contribution is 7.26. The molecule has 0 saturated carbocycles. The number of aromatic nitrogens is 2. The number of hydrogen-bond acceptors (Lipinski definition) is 6. The van der Waals surface area contributed by atoms with Crippen molar-refractivity contribution in [3.8, 4) is 9.88 Å². The number of para-hydroxylation sites is 1. The lowest BCUT2D eigenvalue weighted by Crippen LogP contribution is -2.41. The van der Waals surface area contributed by atoms with Crippen LogP contribution in [0.5, 0.6) is 0 Å². The SMILES string of the molecule is O=C(NNC(=O)c1ccc(-c2nc3ccccc3s2)s1)c1ccccn1. The van der Waals surface area contributed by atoms with Crippen LogP contribution in [0.25, 0.3) is 20.1 Å². The van der Waals surface area contributed by atoms with Gasteiger partial charge in [-0.1, -0.05) is 18.2 Å². The fourth-order valence-corrected chi connectivity index (χ4v) is 4.21. The van der Waals surface area contributed by atoms with Crippen LogP contribution >= 0.6 is 22.7 Å². The maximum Gasteiger partial charge on any atom is 0.288 e. The molecule has 0 radical (unpaired) electrons. The first-order valence-electron chi connectivity index (χ1n) is 7.68. The van der Waals surface area contributed by atoms with Crippen molar-refractivity contribution in [3.05, 3.63) is 71.4 Å². The van der Waals surface area contributed by atoms with E-state index < -0.39 is 5.91 Å². The Bertz CT molecular complexity index is 1060. The number of nitrogens with zero attached hydrogens (tertiary/aromatic N) is 2. The minimum absolute atomic E-state index is 0.231. The fraction of sp³-hybridized carbons (Fsp3) is 0. The summed E-state index contributed by atoms with van der Waals surface area (Å²) in [5.74, 6) is -0.853. The Morgan fingerprint density at radius 1 is 0.846 bits per heavy atom. The van der Waals surface area contributed by atoms with Gasteiger partial charge in [-0.2, -0.15) is 0 Å². The van der Waals surface area contributed by atoms with Gasteiger partial charge in [-0.15, -0.1) is 22.7 Å². The van der Waals surface area contributed by atoms with Crippen LogP contribution in [0, 0.1) is 0 Å². The zero-order valence-electron chi connectivity index (χ0n) is 13.3.